The molecule has 2 rings (SSSR count). The second-order valence-corrected chi connectivity index (χ2v) is 3.93. The number of nitrogens with one attached hydrogen (secondary N) is 2. The Morgan fingerprint density at radius 1 is 1.47 bits per heavy atom. The Morgan fingerprint density at radius 2 is 2.33 bits per heavy atom. The summed E-state index contributed by atoms with van der Waals surface area (Å²) in [6, 6.07) is 4.63. The van der Waals surface area contributed by atoms with Crippen molar-refractivity contribution in [2.45, 2.75) is 6.54 Å². The van der Waals surface area contributed by atoms with E-state index in [2.05, 4.69) is 31.4 Å². The number of hydrogen-bond donors (Lipinski definition) is 2. The lowest BCUT2D eigenvalue weighted by atomic mass is 10.2. The van der Waals surface area contributed by atoms with Gasteiger partial charge in [-0.05, 0) is 17.7 Å². The number of halogens is 2. The Hall–Kier alpha value is -1.36. The summed E-state index contributed by atoms with van der Waals surface area (Å²) in [6.45, 7) is 0.625. The average molecular weight is 270 g/mol. The van der Waals surface area contributed by atoms with Gasteiger partial charge in [0, 0.05) is 17.2 Å². The molecule has 0 unspecified atom stereocenters. The molecule has 0 aliphatic rings. The number of rotatable bonds is 3. The van der Waals surface area contributed by atoms with Gasteiger partial charge < -0.3 is 5.32 Å². The van der Waals surface area contributed by atoms with Gasteiger partial charge in [0.1, 0.15) is 5.82 Å². The molecule has 2 aromatic rings. The van der Waals surface area contributed by atoms with E-state index in [0.717, 1.165) is 15.7 Å². The Kier molecular flexibility index (Phi) is 3.01. The van der Waals surface area contributed by atoms with E-state index >= 15 is 0 Å². The zero-order valence-corrected chi connectivity index (χ0v) is 9.38. The van der Waals surface area contributed by atoms with E-state index < -0.39 is 0 Å². The van der Waals surface area contributed by atoms with Crippen molar-refractivity contribution in [1.82, 2.24) is 10.2 Å². The van der Waals surface area contributed by atoms with Crippen LogP contribution in [0.1, 0.15) is 5.56 Å². The molecule has 0 aliphatic heterocycles. The van der Waals surface area contributed by atoms with Crippen molar-refractivity contribution >= 4 is 21.6 Å². The molecule has 78 valence electrons. The number of nitrogens with zero attached hydrogens (tertiary/aromatic N) is 1. The first-order chi connectivity index (χ1) is 7.25. The minimum Gasteiger partial charge on any atom is -0.378 e. The molecule has 0 aliphatic carbocycles. The van der Waals surface area contributed by atoms with Gasteiger partial charge in [0.05, 0.1) is 11.9 Å². The molecule has 3 nitrogen and oxygen atoms in total. The summed E-state index contributed by atoms with van der Waals surface area (Å²) in [4.78, 5) is 0. The number of aromatic nitrogens is 2. The standard InChI is InChI=1S/C10H9BrFN3/c11-10-3-8(12)2-1-7(10)4-13-9-5-14-15-6-9/h1-3,5-6,13H,4H2,(H,14,15). The molecule has 1 aromatic carbocycles. The molecule has 0 saturated carbocycles. The summed E-state index contributed by atoms with van der Waals surface area (Å²) in [7, 11) is 0. The highest BCUT2D eigenvalue weighted by Crippen LogP contribution is 2.19. The summed E-state index contributed by atoms with van der Waals surface area (Å²) < 4.78 is 13.6. The van der Waals surface area contributed by atoms with Gasteiger partial charge in [-0.3, -0.25) is 5.10 Å². The maximum absolute atomic E-state index is 12.8. The van der Waals surface area contributed by atoms with Gasteiger partial charge in [-0.25, -0.2) is 4.39 Å². The first-order valence-corrected chi connectivity index (χ1v) is 5.21. The van der Waals surface area contributed by atoms with Gasteiger partial charge in [-0.15, -0.1) is 0 Å². The van der Waals surface area contributed by atoms with Crippen molar-refractivity contribution in [3.8, 4) is 0 Å². The second kappa shape index (κ2) is 4.44. The van der Waals surface area contributed by atoms with E-state index in [1.807, 2.05) is 0 Å². The molecule has 0 atom stereocenters. The van der Waals surface area contributed by atoms with Crippen molar-refractivity contribution in [1.29, 1.82) is 0 Å². The third-order valence-electron chi connectivity index (χ3n) is 2.00. The lowest BCUT2D eigenvalue weighted by Crippen LogP contribution is -1.99. The highest BCUT2D eigenvalue weighted by molar-refractivity contribution is 9.10. The third-order valence-corrected chi connectivity index (χ3v) is 2.73. The smallest absolute Gasteiger partial charge is 0.124 e. The molecule has 0 spiro atoms. The van der Waals surface area contributed by atoms with Crippen molar-refractivity contribution in [3.63, 3.8) is 0 Å². The third kappa shape index (κ3) is 2.56. The summed E-state index contributed by atoms with van der Waals surface area (Å²) in [6.07, 6.45) is 3.45. The van der Waals surface area contributed by atoms with Gasteiger partial charge in [0.15, 0.2) is 0 Å². The quantitative estimate of drug-likeness (QED) is 0.900. The van der Waals surface area contributed by atoms with E-state index in [0.29, 0.717) is 6.54 Å². The van der Waals surface area contributed by atoms with E-state index in [1.165, 1.54) is 12.1 Å². The molecule has 0 saturated heterocycles. The van der Waals surface area contributed by atoms with Crippen LogP contribution in [0, 0.1) is 5.82 Å². The van der Waals surface area contributed by atoms with Gasteiger partial charge in [0.2, 0.25) is 0 Å². The second-order valence-electron chi connectivity index (χ2n) is 3.08. The SMILES string of the molecule is Fc1ccc(CNc2cn[nH]c2)c(Br)c1. The number of H-pyrrole nitrogens is 1. The predicted molar refractivity (Wildman–Crippen MR) is 60.0 cm³/mol. The predicted octanol–water partition coefficient (Wildman–Crippen LogP) is 2.92. The van der Waals surface area contributed by atoms with E-state index in [4.69, 9.17) is 0 Å². The fourth-order valence-corrected chi connectivity index (χ4v) is 1.70. The van der Waals surface area contributed by atoms with Crippen molar-refractivity contribution in [2.75, 3.05) is 5.32 Å². The summed E-state index contributed by atoms with van der Waals surface area (Å²) in [5, 5.41) is 9.67. The lowest BCUT2D eigenvalue weighted by Gasteiger charge is -2.05. The molecule has 0 radical (unpaired) electrons. The van der Waals surface area contributed by atoms with Crippen LogP contribution in [0.15, 0.2) is 35.1 Å². The minimum absolute atomic E-state index is 0.242. The van der Waals surface area contributed by atoms with Crippen molar-refractivity contribution in [3.05, 3.63) is 46.4 Å². The number of anilines is 1. The molecule has 1 aromatic heterocycles. The van der Waals surface area contributed by atoms with E-state index in [-0.39, 0.29) is 5.82 Å². The molecule has 1 heterocycles. The van der Waals surface area contributed by atoms with Gasteiger partial charge in [0.25, 0.3) is 0 Å². The fraction of sp³-hybridized carbons (Fsp3) is 0.100. The van der Waals surface area contributed by atoms with E-state index in [1.54, 1.807) is 18.5 Å². The van der Waals surface area contributed by atoms with Crippen LogP contribution in [0.5, 0.6) is 0 Å². The van der Waals surface area contributed by atoms with Crippen LogP contribution >= 0.6 is 15.9 Å². The van der Waals surface area contributed by atoms with Crippen LogP contribution in [0.4, 0.5) is 10.1 Å². The van der Waals surface area contributed by atoms with Crippen molar-refractivity contribution in [2.24, 2.45) is 0 Å². The molecule has 0 bridgehead atoms. The molecule has 15 heavy (non-hydrogen) atoms. The zero-order valence-electron chi connectivity index (χ0n) is 7.80. The van der Waals surface area contributed by atoms with E-state index in [9.17, 15) is 4.39 Å². The molecule has 5 heteroatoms. The summed E-state index contributed by atoms with van der Waals surface area (Å²) in [5.74, 6) is -0.242. The lowest BCUT2D eigenvalue weighted by molar-refractivity contribution is 0.626. The van der Waals surface area contributed by atoms with Gasteiger partial charge in [-0.1, -0.05) is 22.0 Å². The molecular formula is C10H9BrFN3. The topological polar surface area (TPSA) is 40.7 Å². The monoisotopic (exact) mass is 269 g/mol. The Morgan fingerprint density at radius 3 is 3.00 bits per heavy atom. The highest BCUT2D eigenvalue weighted by Gasteiger charge is 2.01. The maximum atomic E-state index is 12.8. The minimum atomic E-state index is -0.242. The van der Waals surface area contributed by atoms with Gasteiger partial charge in [-0.2, -0.15) is 5.10 Å². The maximum Gasteiger partial charge on any atom is 0.124 e. The Labute approximate surface area is 94.8 Å². The Bertz CT molecular complexity index is 442. The number of benzene rings is 1. The first kappa shape index (κ1) is 10.2. The first-order valence-electron chi connectivity index (χ1n) is 4.42. The van der Waals surface area contributed by atoms with Crippen molar-refractivity contribution < 1.29 is 4.39 Å². The molecular weight excluding hydrogens is 261 g/mol. The van der Waals surface area contributed by atoms with Gasteiger partial charge >= 0.3 is 0 Å². The highest BCUT2D eigenvalue weighted by atomic mass is 79.9. The zero-order chi connectivity index (χ0) is 10.7. The normalized spacial score (nSPS) is 10.3. The van der Waals surface area contributed by atoms with Crippen LogP contribution in [0.25, 0.3) is 0 Å². The van der Waals surface area contributed by atoms with Crippen LogP contribution in [-0.2, 0) is 6.54 Å². The largest absolute Gasteiger partial charge is 0.378 e. The molecule has 2 N–H and O–H groups in total. The molecule has 0 fully saturated rings. The summed E-state index contributed by atoms with van der Waals surface area (Å²) in [5.41, 5.74) is 1.91. The number of hydrogen-bond acceptors (Lipinski definition) is 2. The Balaban J connectivity index is 2.05. The summed E-state index contributed by atoms with van der Waals surface area (Å²) >= 11 is 3.31. The van der Waals surface area contributed by atoms with Crippen LogP contribution in [0.2, 0.25) is 0 Å². The van der Waals surface area contributed by atoms with Crippen LogP contribution < -0.4 is 5.32 Å². The average Bonchev–Trinajstić information content (AvgIpc) is 2.69. The number of aromatic amines is 1. The van der Waals surface area contributed by atoms with Crippen LogP contribution in [-0.4, -0.2) is 10.2 Å². The molecule has 0 amide bonds. The fourth-order valence-electron chi connectivity index (χ4n) is 1.21. The van der Waals surface area contributed by atoms with Crippen LogP contribution in [0.3, 0.4) is 0 Å².